The number of amides is 2. The number of hydrogen-bond acceptors (Lipinski definition) is 5. The van der Waals surface area contributed by atoms with Crippen LogP contribution < -0.4 is 10.6 Å². The fraction of sp³-hybridized carbons (Fsp3) is 0.190. The molecule has 8 nitrogen and oxygen atoms in total. The molecular weight excluding hydrogens is 423 g/mol. The van der Waals surface area contributed by atoms with Gasteiger partial charge in [-0.15, -0.1) is 0 Å². The summed E-state index contributed by atoms with van der Waals surface area (Å²) in [5, 5.41) is 9.35. The van der Waals surface area contributed by atoms with Gasteiger partial charge < -0.3 is 10.6 Å². The second-order valence-electron chi connectivity index (χ2n) is 7.32. The summed E-state index contributed by atoms with van der Waals surface area (Å²) in [7, 11) is -3.36. The number of rotatable bonds is 4. The number of nitrogens with zero attached hydrogens (tertiary/aromatic N) is 2. The number of halogens is 1. The maximum atomic E-state index is 13.0. The molecule has 0 aliphatic carbocycles. The van der Waals surface area contributed by atoms with Gasteiger partial charge in [0.15, 0.2) is 9.84 Å². The number of benzene rings is 2. The van der Waals surface area contributed by atoms with Crippen molar-refractivity contribution in [3.8, 4) is 5.69 Å². The molecule has 0 bridgehead atoms. The standard InChI is InChI=1S/C21H19FN4O4S/c1-13-3-2-4-16(9-13)26-19(17-11-31(29,30)12-18(17)25-26)24-21(28)20(27)23-10-14-5-7-15(22)8-6-14/h2-9H,10-12H2,1H3,(H,23,27)(H,24,28). The number of fused-ring (bicyclic) bond motifs is 1. The predicted molar refractivity (Wildman–Crippen MR) is 112 cm³/mol. The smallest absolute Gasteiger partial charge is 0.314 e. The minimum Gasteiger partial charge on any atom is -0.344 e. The van der Waals surface area contributed by atoms with Crippen molar-refractivity contribution in [2.45, 2.75) is 25.0 Å². The zero-order valence-electron chi connectivity index (χ0n) is 16.6. The van der Waals surface area contributed by atoms with Gasteiger partial charge in [-0.2, -0.15) is 5.10 Å². The average Bonchev–Trinajstić information content (AvgIpc) is 3.19. The van der Waals surface area contributed by atoms with Gasteiger partial charge in [-0.25, -0.2) is 17.5 Å². The SMILES string of the molecule is Cc1cccc(-n2nc3c(c2NC(=O)C(=O)NCc2ccc(F)cc2)CS(=O)(=O)C3)c1. The lowest BCUT2D eigenvalue weighted by atomic mass is 10.2. The van der Waals surface area contributed by atoms with Crippen molar-refractivity contribution in [3.05, 3.63) is 76.7 Å². The van der Waals surface area contributed by atoms with Crippen LogP contribution in [0.25, 0.3) is 5.69 Å². The third-order valence-corrected chi connectivity index (χ3v) is 6.28. The highest BCUT2D eigenvalue weighted by molar-refractivity contribution is 7.90. The van der Waals surface area contributed by atoms with Gasteiger partial charge in [0.25, 0.3) is 0 Å². The van der Waals surface area contributed by atoms with Crippen LogP contribution in [0.5, 0.6) is 0 Å². The minimum absolute atomic E-state index is 0.0379. The second kappa shape index (κ2) is 7.95. The number of carbonyl (C=O) groups is 2. The fourth-order valence-corrected chi connectivity index (χ4v) is 4.84. The Labute approximate surface area is 178 Å². The first-order valence-corrected chi connectivity index (χ1v) is 11.3. The molecule has 2 heterocycles. The van der Waals surface area contributed by atoms with E-state index in [0.29, 0.717) is 22.5 Å². The summed E-state index contributed by atoms with van der Waals surface area (Å²) in [6.07, 6.45) is 0. The topological polar surface area (TPSA) is 110 Å². The molecule has 2 N–H and O–H groups in total. The fourth-order valence-electron chi connectivity index (χ4n) is 3.35. The van der Waals surface area contributed by atoms with E-state index in [-0.39, 0.29) is 23.9 Å². The third kappa shape index (κ3) is 4.48. The largest absolute Gasteiger partial charge is 0.344 e. The van der Waals surface area contributed by atoms with Gasteiger partial charge in [0.1, 0.15) is 11.6 Å². The zero-order chi connectivity index (χ0) is 22.2. The third-order valence-electron chi connectivity index (χ3n) is 4.84. The number of sulfone groups is 1. The highest BCUT2D eigenvalue weighted by Crippen LogP contribution is 2.33. The van der Waals surface area contributed by atoms with E-state index >= 15 is 0 Å². The number of aryl methyl sites for hydroxylation is 1. The van der Waals surface area contributed by atoms with Crippen LogP contribution in [0.4, 0.5) is 10.2 Å². The van der Waals surface area contributed by atoms with Gasteiger partial charge >= 0.3 is 11.8 Å². The zero-order valence-corrected chi connectivity index (χ0v) is 17.4. The molecule has 0 radical (unpaired) electrons. The summed E-state index contributed by atoms with van der Waals surface area (Å²) >= 11 is 0. The number of carbonyl (C=O) groups excluding carboxylic acids is 2. The summed E-state index contributed by atoms with van der Waals surface area (Å²) in [6, 6.07) is 12.8. The number of anilines is 1. The first kappa shape index (κ1) is 20.7. The Bertz CT molecular complexity index is 1280. The molecule has 1 aliphatic rings. The molecule has 160 valence electrons. The molecule has 0 saturated heterocycles. The minimum atomic E-state index is -3.36. The van der Waals surface area contributed by atoms with Gasteiger partial charge in [0.2, 0.25) is 0 Å². The maximum Gasteiger partial charge on any atom is 0.314 e. The Hall–Kier alpha value is -3.53. The molecule has 2 amide bonds. The Kier molecular flexibility index (Phi) is 5.32. The van der Waals surface area contributed by atoms with Crippen LogP contribution in [0.2, 0.25) is 0 Å². The van der Waals surface area contributed by atoms with Gasteiger partial charge in [0.05, 0.1) is 22.9 Å². The molecular formula is C21H19FN4O4S. The van der Waals surface area contributed by atoms with Crippen molar-refractivity contribution >= 4 is 27.5 Å². The monoisotopic (exact) mass is 442 g/mol. The average molecular weight is 442 g/mol. The molecule has 10 heteroatoms. The van der Waals surface area contributed by atoms with Crippen LogP contribution in [-0.4, -0.2) is 30.0 Å². The van der Waals surface area contributed by atoms with Gasteiger partial charge in [0, 0.05) is 12.1 Å². The van der Waals surface area contributed by atoms with Crippen molar-refractivity contribution in [2.24, 2.45) is 0 Å². The van der Waals surface area contributed by atoms with Crippen molar-refractivity contribution in [1.82, 2.24) is 15.1 Å². The van der Waals surface area contributed by atoms with Crippen molar-refractivity contribution in [1.29, 1.82) is 0 Å². The summed E-state index contributed by atoms with van der Waals surface area (Å²) in [5.41, 5.74) is 2.94. The van der Waals surface area contributed by atoms with Crippen LogP contribution in [-0.2, 0) is 37.5 Å². The molecule has 2 aromatic carbocycles. The Balaban J connectivity index is 1.57. The summed E-state index contributed by atoms with van der Waals surface area (Å²) in [5.74, 6) is -2.59. The molecule has 0 atom stereocenters. The molecule has 0 fully saturated rings. The van der Waals surface area contributed by atoms with E-state index in [2.05, 4.69) is 15.7 Å². The molecule has 0 saturated carbocycles. The maximum absolute atomic E-state index is 13.0. The first-order valence-electron chi connectivity index (χ1n) is 9.44. The van der Waals surface area contributed by atoms with E-state index in [1.54, 1.807) is 6.07 Å². The van der Waals surface area contributed by atoms with Crippen LogP contribution in [0, 0.1) is 12.7 Å². The van der Waals surface area contributed by atoms with E-state index in [1.165, 1.54) is 28.9 Å². The first-order chi connectivity index (χ1) is 14.7. The summed E-state index contributed by atoms with van der Waals surface area (Å²) in [4.78, 5) is 24.8. The lowest BCUT2D eigenvalue weighted by Crippen LogP contribution is -2.35. The number of aromatic nitrogens is 2. The molecule has 3 aromatic rings. The lowest BCUT2D eigenvalue weighted by molar-refractivity contribution is -0.136. The normalized spacial score (nSPS) is 14.1. The highest BCUT2D eigenvalue weighted by Gasteiger charge is 2.33. The highest BCUT2D eigenvalue weighted by atomic mass is 32.2. The Morgan fingerprint density at radius 3 is 2.55 bits per heavy atom. The Morgan fingerprint density at radius 2 is 1.84 bits per heavy atom. The Morgan fingerprint density at radius 1 is 1.10 bits per heavy atom. The molecule has 31 heavy (non-hydrogen) atoms. The second-order valence-corrected chi connectivity index (χ2v) is 9.38. The summed E-state index contributed by atoms with van der Waals surface area (Å²) < 4.78 is 38.5. The quantitative estimate of drug-likeness (QED) is 0.601. The van der Waals surface area contributed by atoms with E-state index in [0.717, 1.165) is 5.56 Å². The van der Waals surface area contributed by atoms with E-state index in [9.17, 15) is 22.4 Å². The van der Waals surface area contributed by atoms with Crippen LogP contribution in [0.15, 0.2) is 48.5 Å². The molecule has 1 aliphatic heterocycles. The lowest BCUT2D eigenvalue weighted by Gasteiger charge is -2.12. The van der Waals surface area contributed by atoms with E-state index in [4.69, 9.17) is 0 Å². The van der Waals surface area contributed by atoms with Gasteiger partial charge in [-0.3, -0.25) is 9.59 Å². The van der Waals surface area contributed by atoms with Crippen LogP contribution in [0.3, 0.4) is 0 Å². The van der Waals surface area contributed by atoms with Gasteiger partial charge in [-0.05, 0) is 42.3 Å². The molecule has 0 spiro atoms. The van der Waals surface area contributed by atoms with Crippen LogP contribution >= 0.6 is 0 Å². The van der Waals surface area contributed by atoms with E-state index in [1.807, 2.05) is 25.1 Å². The molecule has 0 unspecified atom stereocenters. The van der Waals surface area contributed by atoms with Crippen molar-refractivity contribution in [2.75, 3.05) is 5.32 Å². The molecule has 1 aromatic heterocycles. The van der Waals surface area contributed by atoms with E-state index < -0.39 is 27.5 Å². The predicted octanol–water partition coefficient (Wildman–Crippen LogP) is 2.00. The molecule has 4 rings (SSSR count). The van der Waals surface area contributed by atoms with Crippen LogP contribution in [0.1, 0.15) is 22.4 Å². The van der Waals surface area contributed by atoms with Crippen molar-refractivity contribution in [3.63, 3.8) is 0 Å². The summed E-state index contributed by atoms with van der Waals surface area (Å²) in [6.45, 7) is 1.93. The van der Waals surface area contributed by atoms with Crippen molar-refractivity contribution < 1.29 is 22.4 Å². The number of nitrogens with one attached hydrogen (secondary N) is 2. The number of hydrogen-bond donors (Lipinski definition) is 2. The van der Waals surface area contributed by atoms with Gasteiger partial charge in [-0.1, -0.05) is 24.3 Å².